The lowest BCUT2D eigenvalue weighted by atomic mass is 9.60. The van der Waals surface area contributed by atoms with E-state index in [0.29, 0.717) is 17.3 Å². The first-order valence-electron chi connectivity index (χ1n) is 10.4. The van der Waals surface area contributed by atoms with E-state index in [4.69, 9.17) is 5.73 Å². The maximum absolute atomic E-state index is 9.50. The Morgan fingerprint density at radius 2 is 2.15 bits per heavy atom. The standard InChI is InChI=1S/C20H32N4OS/c21-20(25)23-14-3-1-2-11(6-14)16-8-13-9-17(13)18-7-12(4-5-15(16)18)19-24-22-10-26-19/h4-5,9,11-16,18-20,22-25H,1-3,6-8,10,21H2. The Kier molecular flexibility index (Phi) is 4.92. The van der Waals surface area contributed by atoms with E-state index in [-0.39, 0.29) is 0 Å². The molecule has 0 radical (unpaired) electrons. The van der Waals surface area contributed by atoms with Crippen LogP contribution in [0.25, 0.3) is 0 Å². The molecule has 0 aromatic carbocycles. The summed E-state index contributed by atoms with van der Waals surface area (Å²) in [5.41, 5.74) is 14.1. The van der Waals surface area contributed by atoms with Gasteiger partial charge >= 0.3 is 0 Å². The Labute approximate surface area is 160 Å². The van der Waals surface area contributed by atoms with E-state index in [2.05, 4.69) is 34.4 Å². The second kappa shape index (κ2) is 7.22. The van der Waals surface area contributed by atoms with Crippen molar-refractivity contribution in [2.45, 2.75) is 56.3 Å². The summed E-state index contributed by atoms with van der Waals surface area (Å²) in [5, 5.41) is 13.2. The largest absolute Gasteiger partial charge is 0.366 e. The molecule has 0 spiro atoms. The predicted molar refractivity (Wildman–Crippen MR) is 106 cm³/mol. The average molecular weight is 377 g/mol. The lowest BCUT2D eigenvalue weighted by Crippen LogP contribution is -2.47. The third-order valence-electron chi connectivity index (χ3n) is 7.43. The van der Waals surface area contributed by atoms with Gasteiger partial charge in [-0.3, -0.25) is 11.1 Å². The summed E-state index contributed by atoms with van der Waals surface area (Å²) < 4.78 is 0. The van der Waals surface area contributed by atoms with Crippen LogP contribution in [0.1, 0.15) is 38.5 Å². The minimum absolute atomic E-state index is 0.381. The number of rotatable bonds is 4. The zero-order valence-corrected chi connectivity index (χ0v) is 16.1. The van der Waals surface area contributed by atoms with Crippen LogP contribution in [-0.4, -0.2) is 28.8 Å². The van der Waals surface area contributed by atoms with Crippen molar-refractivity contribution in [3.8, 4) is 0 Å². The van der Waals surface area contributed by atoms with E-state index in [9.17, 15) is 5.11 Å². The molecule has 9 atom stereocenters. The van der Waals surface area contributed by atoms with Crippen LogP contribution in [-0.2, 0) is 0 Å². The highest BCUT2D eigenvalue weighted by molar-refractivity contribution is 8.00. The first kappa shape index (κ1) is 17.7. The number of thioether (sulfide) groups is 1. The van der Waals surface area contributed by atoms with Gasteiger partial charge in [-0.25, -0.2) is 10.9 Å². The van der Waals surface area contributed by atoms with Gasteiger partial charge in [0.15, 0.2) is 6.35 Å². The smallest absolute Gasteiger partial charge is 0.158 e. The van der Waals surface area contributed by atoms with E-state index >= 15 is 0 Å². The summed E-state index contributed by atoms with van der Waals surface area (Å²) in [7, 11) is 0. The fraction of sp³-hybridized carbons (Fsp3) is 0.800. The van der Waals surface area contributed by atoms with Crippen LogP contribution in [0.4, 0.5) is 0 Å². The van der Waals surface area contributed by atoms with E-state index in [0.717, 1.165) is 41.9 Å². The molecular formula is C20H32N4OS. The van der Waals surface area contributed by atoms with E-state index < -0.39 is 6.35 Å². The third-order valence-corrected chi connectivity index (χ3v) is 8.57. The van der Waals surface area contributed by atoms with Crippen LogP contribution < -0.4 is 21.9 Å². The molecule has 4 aliphatic carbocycles. The zero-order chi connectivity index (χ0) is 17.7. The van der Waals surface area contributed by atoms with Gasteiger partial charge in [0.1, 0.15) is 0 Å². The van der Waals surface area contributed by atoms with E-state index in [1.165, 1.54) is 32.1 Å². The van der Waals surface area contributed by atoms with Crippen molar-refractivity contribution < 1.29 is 5.11 Å². The van der Waals surface area contributed by atoms with Gasteiger partial charge in [0.25, 0.3) is 0 Å². The monoisotopic (exact) mass is 376 g/mol. The fourth-order valence-electron chi connectivity index (χ4n) is 6.26. The molecule has 0 amide bonds. The number of nitrogens with two attached hydrogens (primary N) is 1. The van der Waals surface area contributed by atoms with Crippen molar-refractivity contribution in [1.29, 1.82) is 0 Å². The topological polar surface area (TPSA) is 82.3 Å². The van der Waals surface area contributed by atoms with Crippen LogP contribution in [0, 0.1) is 35.5 Å². The van der Waals surface area contributed by atoms with E-state index in [1.54, 1.807) is 5.57 Å². The molecule has 1 saturated heterocycles. The molecule has 5 rings (SSSR count). The number of hydrogen-bond acceptors (Lipinski definition) is 6. The first-order chi connectivity index (χ1) is 12.7. The molecular weight excluding hydrogens is 344 g/mol. The highest BCUT2D eigenvalue weighted by Gasteiger charge is 2.50. The quantitative estimate of drug-likeness (QED) is 0.381. The number of allylic oxidation sites excluding steroid dienone is 3. The predicted octanol–water partition coefficient (Wildman–Crippen LogP) is 1.88. The second-order valence-corrected chi connectivity index (χ2v) is 10.1. The first-order valence-corrected chi connectivity index (χ1v) is 11.4. The second-order valence-electron chi connectivity index (χ2n) is 8.93. The summed E-state index contributed by atoms with van der Waals surface area (Å²) in [4.78, 5) is 0. The van der Waals surface area contributed by atoms with Gasteiger partial charge in [0.05, 0.1) is 11.3 Å². The molecule has 6 N–H and O–H groups in total. The van der Waals surface area contributed by atoms with Gasteiger partial charge in [-0.05, 0) is 55.3 Å². The number of hydrogen-bond donors (Lipinski definition) is 5. The lowest BCUT2D eigenvalue weighted by molar-refractivity contribution is 0.0790. The Balaban J connectivity index is 1.30. The van der Waals surface area contributed by atoms with Crippen LogP contribution in [0.15, 0.2) is 23.8 Å². The van der Waals surface area contributed by atoms with E-state index in [1.807, 2.05) is 11.8 Å². The maximum Gasteiger partial charge on any atom is 0.158 e. The lowest BCUT2D eigenvalue weighted by Gasteiger charge is -2.46. The summed E-state index contributed by atoms with van der Waals surface area (Å²) in [6.07, 6.45) is 14.3. The molecule has 0 aromatic heterocycles. The van der Waals surface area contributed by atoms with Gasteiger partial charge in [-0.1, -0.05) is 36.6 Å². The molecule has 0 aromatic rings. The fourth-order valence-corrected chi connectivity index (χ4v) is 7.22. The Morgan fingerprint density at radius 3 is 2.96 bits per heavy atom. The van der Waals surface area contributed by atoms with Crippen molar-refractivity contribution in [1.82, 2.24) is 16.2 Å². The summed E-state index contributed by atoms with van der Waals surface area (Å²) in [6.45, 7) is 0. The number of fused-ring (bicyclic) bond motifs is 3. The van der Waals surface area contributed by atoms with Crippen molar-refractivity contribution in [2.75, 3.05) is 5.88 Å². The molecule has 1 aliphatic heterocycles. The molecule has 5 nitrogen and oxygen atoms in total. The molecule has 2 saturated carbocycles. The minimum Gasteiger partial charge on any atom is -0.366 e. The average Bonchev–Trinajstić information content (AvgIpc) is 3.22. The molecule has 0 bridgehead atoms. The van der Waals surface area contributed by atoms with Gasteiger partial charge in [-0.15, -0.1) is 11.8 Å². The SMILES string of the molecule is NC(O)NC1CCCC(C2CC3C=C3C3CC(C4NNCS4)C=CC32)C1. The Morgan fingerprint density at radius 1 is 1.23 bits per heavy atom. The summed E-state index contributed by atoms with van der Waals surface area (Å²) in [5.74, 6) is 5.51. The van der Waals surface area contributed by atoms with Crippen molar-refractivity contribution in [2.24, 2.45) is 41.2 Å². The molecule has 144 valence electrons. The molecule has 5 aliphatic rings. The van der Waals surface area contributed by atoms with Gasteiger partial charge < -0.3 is 5.11 Å². The molecule has 1 heterocycles. The third kappa shape index (κ3) is 3.40. The number of aliphatic hydroxyl groups excluding tert-OH is 1. The van der Waals surface area contributed by atoms with Crippen molar-refractivity contribution >= 4 is 11.8 Å². The highest BCUT2D eigenvalue weighted by Crippen LogP contribution is 2.58. The molecule has 3 fully saturated rings. The number of nitrogens with one attached hydrogen (secondary N) is 3. The normalized spacial score (nSPS) is 48.5. The van der Waals surface area contributed by atoms with Gasteiger partial charge in [0, 0.05) is 12.0 Å². The summed E-state index contributed by atoms with van der Waals surface area (Å²) in [6, 6.07) is 0.381. The number of hydrazine groups is 1. The van der Waals surface area contributed by atoms with Crippen molar-refractivity contribution in [3.63, 3.8) is 0 Å². The summed E-state index contributed by atoms with van der Waals surface area (Å²) >= 11 is 2.00. The zero-order valence-electron chi connectivity index (χ0n) is 15.3. The minimum atomic E-state index is -0.880. The van der Waals surface area contributed by atoms with Crippen LogP contribution in [0.2, 0.25) is 0 Å². The molecule has 6 heteroatoms. The van der Waals surface area contributed by atoms with Crippen LogP contribution in [0.3, 0.4) is 0 Å². The Bertz CT molecular complexity index is 588. The van der Waals surface area contributed by atoms with Gasteiger partial charge in [-0.2, -0.15) is 0 Å². The van der Waals surface area contributed by atoms with Crippen molar-refractivity contribution in [3.05, 3.63) is 23.8 Å². The highest BCUT2D eigenvalue weighted by atomic mass is 32.2. The van der Waals surface area contributed by atoms with Crippen LogP contribution >= 0.6 is 11.8 Å². The number of aliphatic hydroxyl groups is 1. The van der Waals surface area contributed by atoms with Crippen LogP contribution in [0.5, 0.6) is 0 Å². The molecule has 26 heavy (non-hydrogen) atoms. The Hall–Kier alpha value is -0.370. The molecule has 9 unspecified atom stereocenters. The maximum atomic E-state index is 9.50. The van der Waals surface area contributed by atoms with Gasteiger partial charge in [0.2, 0.25) is 0 Å².